The van der Waals surface area contributed by atoms with Crippen LogP contribution in [-0.4, -0.2) is 95.4 Å². The highest BCUT2D eigenvalue weighted by molar-refractivity contribution is 8.44. The van der Waals surface area contributed by atoms with Gasteiger partial charge in [-0.2, -0.15) is 0 Å². The number of carbonyl (C=O) groups is 1. The molecule has 0 spiro atoms. The van der Waals surface area contributed by atoms with Crippen LogP contribution in [0.25, 0.3) is 22.2 Å². The van der Waals surface area contributed by atoms with Gasteiger partial charge in [-0.3, -0.25) is 27.5 Å². The number of fused-ring (bicyclic) bond motifs is 5. The molecule has 3 saturated heterocycles. The SMILES string of the molecule is NC(=O)c1cccc2c1nnn2[C@@H]1O[C@@H]2COP(=O)(S)O[C@H]3[C@@H](F)[C@H](n4cnc5c(N)ncnc54)O[C@@H]3COP(=O)(S)O[C@@H]1[C@@H]2O. The Labute approximate surface area is 267 Å². The van der Waals surface area contributed by atoms with E-state index >= 15 is 4.39 Å². The molecule has 24 heteroatoms. The summed E-state index contributed by atoms with van der Waals surface area (Å²) in [5, 5.41) is 19.2. The Hall–Kier alpha value is -2.75. The molecule has 1 amide bonds. The number of aromatic nitrogens is 7. The van der Waals surface area contributed by atoms with E-state index in [-0.39, 0.29) is 33.6 Å². The lowest BCUT2D eigenvalue weighted by molar-refractivity contribution is -0.0608. The highest BCUT2D eigenvalue weighted by atomic mass is 32.7. The van der Waals surface area contributed by atoms with Gasteiger partial charge in [-0.05, 0) is 12.1 Å². The molecule has 3 aromatic heterocycles. The monoisotopic (exact) mass is 719 g/mol. The van der Waals surface area contributed by atoms with Crippen molar-refractivity contribution in [2.75, 3.05) is 18.9 Å². The van der Waals surface area contributed by atoms with Crippen LogP contribution in [0.2, 0.25) is 0 Å². The summed E-state index contributed by atoms with van der Waals surface area (Å²) in [5.74, 6) is -0.717. The van der Waals surface area contributed by atoms with Crippen LogP contribution in [0.3, 0.4) is 0 Å². The van der Waals surface area contributed by atoms with Crippen molar-refractivity contribution in [3.8, 4) is 0 Å². The first-order valence-corrected chi connectivity index (χ1v) is 18.7. The van der Waals surface area contributed by atoms with Crippen LogP contribution in [0.5, 0.6) is 0 Å². The van der Waals surface area contributed by atoms with Gasteiger partial charge < -0.3 is 26.0 Å². The number of anilines is 1. The highest BCUT2D eigenvalue weighted by Gasteiger charge is 2.54. The van der Waals surface area contributed by atoms with Crippen LogP contribution >= 0.6 is 38.1 Å². The summed E-state index contributed by atoms with van der Waals surface area (Å²) in [6, 6.07) is 4.52. The van der Waals surface area contributed by atoms with Gasteiger partial charge in [0.25, 0.3) is 5.91 Å². The Bertz CT molecular complexity index is 1940. The zero-order chi connectivity index (χ0) is 32.5. The minimum absolute atomic E-state index is 0.0465. The number of thiol groups is 2. The van der Waals surface area contributed by atoms with E-state index in [0.29, 0.717) is 0 Å². The molecule has 0 saturated carbocycles. The van der Waals surface area contributed by atoms with Crippen molar-refractivity contribution in [3.63, 3.8) is 0 Å². The molecule has 3 aliphatic heterocycles. The van der Waals surface area contributed by atoms with Gasteiger partial charge in [0.1, 0.15) is 47.9 Å². The van der Waals surface area contributed by atoms with Crippen molar-refractivity contribution in [3.05, 3.63) is 36.4 Å². The summed E-state index contributed by atoms with van der Waals surface area (Å²) in [4.78, 5) is 24.0. The average molecular weight is 720 g/mol. The molecule has 0 radical (unpaired) electrons. The number of aliphatic hydroxyl groups excluding tert-OH is 1. The maximum absolute atomic E-state index is 16.0. The van der Waals surface area contributed by atoms with E-state index in [1.165, 1.54) is 27.7 Å². The summed E-state index contributed by atoms with van der Waals surface area (Å²) in [6.45, 7) is -10.1. The number of nitrogens with two attached hydrogens (primary N) is 2. The molecular weight excluding hydrogens is 695 g/mol. The highest BCUT2D eigenvalue weighted by Crippen LogP contribution is 2.60. The predicted molar refractivity (Wildman–Crippen MR) is 159 cm³/mol. The number of alkyl halides is 1. The van der Waals surface area contributed by atoms with Crippen LogP contribution in [0.15, 0.2) is 30.9 Å². The van der Waals surface area contributed by atoms with E-state index in [0.717, 1.165) is 6.33 Å². The van der Waals surface area contributed by atoms with Crippen molar-refractivity contribution in [2.24, 2.45) is 5.73 Å². The maximum Gasteiger partial charge on any atom is 0.386 e. The lowest BCUT2D eigenvalue weighted by Gasteiger charge is -2.26. The molecular formula is C22H24FN9O10P2S2. The number of nitrogens with zero attached hydrogens (tertiary/aromatic N) is 7. The number of ether oxygens (including phenoxy) is 2. The first-order chi connectivity index (χ1) is 21.8. The fourth-order valence-corrected chi connectivity index (χ4v) is 8.40. The Morgan fingerprint density at radius 1 is 1.00 bits per heavy atom. The molecule has 246 valence electrons. The van der Waals surface area contributed by atoms with Crippen LogP contribution in [0.4, 0.5) is 10.2 Å². The number of carbonyl (C=O) groups excluding carboxylic acids is 1. The van der Waals surface area contributed by atoms with Crippen molar-refractivity contribution in [1.82, 2.24) is 34.5 Å². The number of nitrogen functional groups attached to an aromatic ring is 1. The van der Waals surface area contributed by atoms with Gasteiger partial charge >= 0.3 is 13.6 Å². The van der Waals surface area contributed by atoms with Crippen molar-refractivity contribution < 1.29 is 51.0 Å². The maximum atomic E-state index is 16.0. The smallest absolute Gasteiger partial charge is 0.386 e. The Morgan fingerprint density at radius 2 is 1.70 bits per heavy atom. The quantitative estimate of drug-likeness (QED) is 0.148. The summed E-state index contributed by atoms with van der Waals surface area (Å²) in [7, 11) is 0. The fraction of sp³-hybridized carbons (Fsp3) is 0.455. The number of hydrogen-bond acceptors (Lipinski definition) is 16. The minimum Gasteiger partial charge on any atom is -0.387 e. The summed E-state index contributed by atoms with van der Waals surface area (Å²) in [6.07, 6.45) is -9.85. The zero-order valence-electron chi connectivity index (χ0n) is 23.0. The summed E-state index contributed by atoms with van der Waals surface area (Å²) in [5.41, 5.74) is 12.1. The molecule has 6 heterocycles. The second kappa shape index (κ2) is 11.7. The Morgan fingerprint density at radius 3 is 2.43 bits per heavy atom. The molecule has 2 bridgehead atoms. The van der Waals surface area contributed by atoms with E-state index in [2.05, 4.69) is 49.8 Å². The van der Waals surface area contributed by atoms with Crippen molar-refractivity contribution in [2.45, 2.75) is 49.1 Å². The molecule has 3 fully saturated rings. The van der Waals surface area contributed by atoms with E-state index in [9.17, 15) is 19.0 Å². The van der Waals surface area contributed by atoms with E-state index in [1.807, 2.05) is 0 Å². The van der Waals surface area contributed by atoms with Gasteiger partial charge in [0.2, 0.25) is 0 Å². The van der Waals surface area contributed by atoms with Crippen LogP contribution < -0.4 is 11.5 Å². The molecule has 46 heavy (non-hydrogen) atoms. The van der Waals surface area contributed by atoms with Crippen LogP contribution in [0, 0.1) is 0 Å². The normalized spacial score (nSPS) is 37.0. The largest absolute Gasteiger partial charge is 0.387 e. The Balaban J connectivity index is 1.20. The predicted octanol–water partition coefficient (Wildman–Crippen LogP) is 1.34. The second-order valence-corrected chi connectivity index (χ2v) is 16.1. The summed E-state index contributed by atoms with van der Waals surface area (Å²) >= 11 is 8.07. The number of rotatable bonds is 3. The number of benzene rings is 1. The number of aliphatic hydroxyl groups is 1. The molecule has 7 rings (SSSR count). The van der Waals surface area contributed by atoms with E-state index in [1.54, 1.807) is 6.07 Å². The number of amides is 1. The van der Waals surface area contributed by atoms with E-state index < -0.39 is 81.9 Å². The van der Waals surface area contributed by atoms with Crippen molar-refractivity contribution in [1.29, 1.82) is 0 Å². The van der Waals surface area contributed by atoms with E-state index in [4.69, 9.17) is 39.0 Å². The number of primary amides is 1. The summed E-state index contributed by atoms with van der Waals surface area (Å²) < 4.78 is 79.2. The third-order valence-corrected chi connectivity index (χ3v) is 10.8. The third-order valence-electron chi connectivity index (χ3n) is 7.56. The van der Waals surface area contributed by atoms with Gasteiger partial charge in [-0.1, -0.05) is 35.8 Å². The molecule has 5 N–H and O–H groups in total. The lowest BCUT2D eigenvalue weighted by atomic mass is 10.1. The number of halogens is 1. The lowest BCUT2D eigenvalue weighted by Crippen LogP contribution is -2.35. The van der Waals surface area contributed by atoms with Gasteiger partial charge in [0, 0.05) is 0 Å². The molecule has 0 aliphatic carbocycles. The van der Waals surface area contributed by atoms with Gasteiger partial charge in [0.15, 0.2) is 30.1 Å². The topological polar surface area (TPSA) is 253 Å². The molecule has 10 atom stereocenters. The number of imidazole rings is 1. The first-order valence-electron chi connectivity index (χ1n) is 13.3. The van der Waals surface area contributed by atoms with Crippen LogP contribution in [0.1, 0.15) is 22.8 Å². The van der Waals surface area contributed by atoms with Crippen molar-refractivity contribution >= 4 is 72.0 Å². The van der Waals surface area contributed by atoms with Gasteiger partial charge in [-0.15, -0.1) is 5.10 Å². The molecule has 4 aromatic rings. The molecule has 3 aliphatic rings. The Kier molecular flexibility index (Phi) is 8.12. The third kappa shape index (κ3) is 5.60. The fourth-order valence-electron chi connectivity index (χ4n) is 5.45. The number of hydrogen-bond donors (Lipinski definition) is 5. The minimum atomic E-state index is -4.41. The molecule has 2 unspecified atom stereocenters. The van der Waals surface area contributed by atoms with Gasteiger partial charge in [0.05, 0.1) is 30.6 Å². The molecule has 1 aromatic carbocycles. The zero-order valence-corrected chi connectivity index (χ0v) is 26.6. The van der Waals surface area contributed by atoms with Gasteiger partial charge in [-0.25, -0.2) is 33.2 Å². The second-order valence-electron chi connectivity index (χ2n) is 10.4. The average Bonchev–Trinajstić information content (AvgIpc) is 3.76. The standard InChI is InChI=1S/C22H24FN9O10P2S2/c23-12-16-11(40-21(12)31-7-28-14-18(24)26-6-27-20(14)31)5-38-44(36,46)42-17-15(33)10(4-37-43(35,45)41-16)39-22(17)32-9-3-1-2-8(19(25)34)13(9)29-30-32/h1-3,6-7,10-12,15-17,21-22,33H,4-5H2,(H2,25,34)(H,35,45)(H,36,46)(H2,24,26,27)/t10-,11-,12-,15-,16-,17-,21-,22-,43?,44?/m1/s1. The first kappa shape index (κ1) is 31.8. The van der Waals surface area contributed by atoms with Crippen LogP contribution in [-0.2, 0) is 36.7 Å². The molecule has 19 nitrogen and oxygen atoms in total.